The van der Waals surface area contributed by atoms with E-state index in [1.165, 1.54) is 16.7 Å². The molecule has 1 amide bonds. The summed E-state index contributed by atoms with van der Waals surface area (Å²) in [4.78, 5) is 29.5. The number of nitrogens with one attached hydrogen (secondary N) is 2. The van der Waals surface area contributed by atoms with Gasteiger partial charge in [-0.15, -0.1) is 0 Å². The van der Waals surface area contributed by atoms with Gasteiger partial charge in [0.15, 0.2) is 0 Å². The maximum absolute atomic E-state index is 12.3. The average molecular weight is 434 g/mol. The van der Waals surface area contributed by atoms with Gasteiger partial charge in [0, 0.05) is 55.3 Å². The Morgan fingerprint density at radius 1 is 1.12 bits per heavy atom. The van der Waals surface area contributed by atoms with E-state index >= 15 is 0 Å². The summed E-state index contributed by atoms with van der Waals surface area (Å²) in [6, 6.07) is 14.7. The number of ether oxygens (including phenoxy) is 1. The molecule has 0 saturated heterocycles. The van der Waals surface area contributed by atoms with E-state index in [4.69, 9.17) is 4.74 Å². The smallest absolute Gasteiger partial charge is 0.305 e. The molecule has 6 nitrogen and oxygen atoms in total. The number of nitrogens with zero attached hydrogens (tertiary/aromatic N) is 1. The first-order valence-electron chi connectivity index (χ1n) is 11.5. The van der Waals surface area contributed by atoms with Gasteiger partial charge in [0.05, 0.1) is 6.61 Å². The van der Waals surface area contributed by atoms with Crippen LogP contribution in [0.4, 0.5) is 5.69 Å². The lowest BCUT2D eigenvalue weighted by Crippen LogP contribution is -2.32. The lowest BCUT2D eigenvalue weighted by atomic mass is 9.99. The molecular weight excluding hydrogens is 402 g/mol. The minimum absolute atomic E-state index is 0.0854. The molecule has 0 saturated carbocycles. The molecule has 1 aliphatic rings. The molecule has 6 heteroatoms. The van der Waals surface area contributed by atoms with E-state index < -0.39 is 0 Å². The van der Waals surface area contributed by atoms with Crippen LogP contribution in [0.1, 0.15) is 42.9 Å². The normalized spacial score (nSPS) is 13.7. The molecule has 2 aromatic carbocycles. The topological polar surface area (TPSA) is 74.4 Å². The zero-order valence-corrected chi connectivity index (χ0v) is 18.7. The van der Waals surface area contributed by atoms with Crippen molar-refractivity contribution in [3.8, 4) is 0 Å². The van der Waals surface area contributed by atoms with Crippen LogP contribution in [0.2, 0.25) is 0 Å². The number of anilines is 1. The molecule has 0 unspecified atom stereocenters. The third-order valence-electron chi connectivity index (χ3n) is 6.05. The van der Waals surface area contributed by atoms with Crippen molar-refractivity contribution in [2.24, 2.45) is 0 Å². The van der Waals surface area contributed by atoms with Crippen molar-refractivity contribution in [1.29, 1.82) is 0 Å². The Morgan fingerprint density at radius 2 is 1.97 bits per heavy atom. The van der Waals surface area contributed by atoms with Crippen molar-refractivity contribution < 1.29 is 14.3 Å². The summed E-state index contributed by atoms with van der Waals surface area (Å²) in [6.45, 7) is 5.25. The fraction of sp³-hybridized carbons (Fsp3) is 0.385. The molecule has 0 fully saturated rings. The monoisotopic (exact) mass is 433 g/mol. The highest BCUT2D eigenvalue weighted by Crippen LogP contribution is 2.24. The third-order valence-corrected chi connectivity index (χ3v) is 6.05. The lowest BCUT2D eigenvalue weighted by Gasteiger charge is -2.28. The Bertz CT molecular complexity index is 1090. The lowest BCUT2D eigenvalue weighted by molar-refractivity contribution is -0.143. The minimum atomic E-state index is -0.254. The van der Waals surface area contributed by atoms with Gasteiger partial charge < -0.3 is 15.0 Å². The first-order valence-corrected chi connectivity index (χ1v) is 11.5. The Labute approximate surface area is 188 Å². The van der Waals surface area contributed by atoms with Crippen molar-refractivity contribution >= 4 is 28.5 Å². The Hall–Kier alpha value is -3.12. The van der Waals surface area contributed by atoms with Crippen LogP contribution in [0, 0.1) is 0 Å². The average Bonchev–Trinajstić information content (AvgIpc) is 3.20. The Morgan fingerprint density at radius 3 is 2.81 bits per heavy atom. The zero-order valence-electron chi connectivity index (χ0n) is 18.7. The quantitative estimate of drug-likeness (QED) is 0.489. The van der Waals surface area contributed by atoms with E-state index in [0.717, 1.165) is 49.1 Å². The van der Waals surface area contributed by atoms with E-state index in [0.29, 0.717) is 19.4 Å². The van der Waals surface area contributed by atoms with Gasteiger partial charge in [-0.25, -0.2) is 0 Å². The molecule has 168 valence electrons. The number of esters is 1. The van der Waals surface area contributed by atoms with Gasteiger partial charge in [-0.2, -0.15) is 0 Å². The summed E-state index contributed by atoms with van der Waals surface area (Å²) < 4.78 is 4.90. The zero-order chi connectivity index (χ0) is 22.3. The first-order chi connectivity index (χ1) is 15.6. The van der Waals surface area contributed by atoms with Gasteiger partial charge in [-0.1, -0.05) is 24.3 Å². The molecule has 1 aliphatic heterocycles. The van der Waals surface area contributed by atoms with Gasteiger partial charge in [0.1, 0.15) is 0 Å². The number of aromatic amines is 1. The summed E-state index contributed by atoms with van der Waals surface area (Å²) >= 11 is 0. The van der Waals surface area contributed by atoms with Crippen LogP contribution in [0.15, 0.2) is 48.7 Å². The van der Waals surface area contributed by atoms with Gasteiger partial charge in [-0.3, -0.25) is 14.5 Å². The number of aromatic nitrogens is 1. The molecule has 4 rings (SSSR count). The summed E-state index contributed by atoms with van der Waals surface area (Å²) in [6.07, 6.45) is 5.20. The number of carbonyl (C=O) groups is 2. The molecule has 1 aromatic heterocycles. The minimum Gasteiger partial charge on any atom is -0.466 e. The number of H-pyrrole nitrogens is 1. The maximum atomic E-state index is 12.3. The number of rotatable bonds is 9. The highest BCUT2D eigenvalue weighted by Gasteiger charge is 2.16. The summed E-state index contributed by atoms with van der Waals surface area (Å²) in [5.41, 5.74) is 6.03. The number of benzene rings is 2. The largest absolute Gasteiger partial charge is 0.466 e. The van der Waals surface area contributed by atoms with Gasteiger partial charge in [0.2, 0.25) is 5.91 Å². The molecule has 0 aliphatic carbocycles. The molecule has 0 radical (unpaired) electrons. The second kappa shape index (κ2) is 10.5. The summed E-state index contributed by atoms with van der Waals surface area (Å²) in [5, 5.41) is 4.10. The molecule has 3 aromatic rings. The van der Waals surface area contributed by atoms with Crippen molar-refractivity contribution in [3.05, 3.63) is 65.4 Å². The Kier molecular flexibility index (Phi) is 7.22. The first kappa shape index (κ1) is 22.1. The van der Waals surface area contributed by atoms with E-state index in [2.05, 4.69) is 45.7 Å². The molecule has 0 bridgehead atoms. The number of amides is 1. The molecule has 2 N–H and O–H groups in total. The van der Waals surface area contributed by atoms with Crippen LogP contribution in [0.25, 0.3) is 10.9 Å². The van der Waals surface area contributed by atoms with Gasteiger partial charge in [0.25, 0.3) is 0 Å². The van der Waals surface area contributed by atoms with Crippen LogP contribution in [0.3, 0.4) is 0 Å². The number of carbonyl (C=O) groups excluding carboxylic acids is 2. The predicted octanol–water partition coefficient (Wildman–Crippen LogP) is 4.44. The van der Waals surface area contributed by atoms with E-state index in [1.54, 1.807) is 6.92 Å². The standard InChI is InChI=1S/C26H31N3O3/c1-2-32-26(31)9-5-8-25(30)28-22-10-11-24-23(16-22)20(17-27-24)13-15-29-14-12-19-6-3-4-7-21(19)18-29/h3-4,6-7,10-11,16-17,27H,2,5,8-9,12-15,18H2,1H3,(H,28,30). The van der Waals surface area contributed by atoms with E-state index in [9.17, 15) is 9.59 Å². The Balaban J connectivity index is 1.32. The van der Waals surface area contributed by atoms with Crippen LogP contribution in [-0.4, -0.2) is 41.5 Å². The summed E-state index contributed by atoms with van der Waals surface area (Å²) in [7, 11) is 0. The fourth-order valence-electron chi connectivity index (χ4n) is 4.34. The SMILES string of the molecule is CCOC(=O)CCCC(=O)Nc1ccc2[nH]cc(CCN3CCc4ccccc4C3)c2c1. The van der Waals surface area contributed by atoms with Crippen LogP contribution >= 0.6 is 0 Å². The second-order valence-electron chi connectivity index (χ2n) is 8.33. The summed E-state index contributed by atoms with van der Waals surface area (Å²) in [5.74, 6) is -0.339. The van der Waals surface area contributed by atoms with Crippen LogP contribution in [0.5, 0.6) is 0 Å². The number of hydrogen-bond acceptors (Lipinski definition) is 4. The maximum Gasteiger partial charge on any atom is 0.305 e. The van der Waals surface area contributed by atoms with Gasteiger partial charge >= 0.3 is 5.97 Å². The van der Waals surface area contributed by atoms with Crippen molar-refractivity contribution in [2.75, 3.05) is 25.0 Å². The highest BCUT2D eigenvalue weighted by molar-refractivity contribution is 5.94. The van der Waals surface area contributed by atoms with Crippen molar-refractivity contribution in [2.45, 2.75) is 45.6 Å². The molecule has 0 spiro atoms. The third kappa shape index (κ3) is 5.56. The van der Waals surface area contributed by atoms with E-state index in [1.807, 2.05) is 18.2 Å². The number of fused-ring (bicyclic) bond motifs is 2. The van der Waals surface area contributed by atoms with Crippen molar-refractivity contribution in [1.82, 2.24) is 9.88 Å². The predicted molar refractivity (Wildman–Crippen MR) is 127 cm³/mol. The van der Waals surface area contributed by atoms with Gasteiger partial charge in [-0.05, 0) is 61.1 Å². The molecule has 32 heavy (non-hydrogen) atoms. The second-order valence-corrected chi connectivity index (χ2v) is 8.33. The van der Waals surface area contributed by atoms with Crippen LogP contribution in [-0.2, 0) is 33.7 Å². The fourth-order valence-corrected chi connectivity index (χ4v) is 4.34. The molecule has 2 heterocycles. The highest BCUT2D eigenvalue weighted by atomic mass is 16.5. The molecule has 0 atom stereocenters. The van der Waals surface area contributed by atoms with Crippen LogP contribution < -0.4 is 5.32 Å². The molecular formula is C26H31N3O3. The van der Waals surface area contributed by atoms with Crippen molar-refractivity contribution in [3.63, 3.8) is 0 Å². The van der Waals surface area contributed by atoms with E-state index in [-0.39, 0.29) is 18.3 Å². The number of hydrogen-bond donors (Lipinski definition) is 2.